The van der Waals surface area contributed by atoms with E-state index in [1.54, 1.807) is 0 Å². The van der Waals surface area contributed by atoms with Crippen LogP contribution in [0.4, 0.5) is 0 Å². The van der Waals surface area contributed by atoms with Crippen LogP contribution in [-0.2, 0) is 6.42 Å². The largest absolute Gasteiger partial charge is 0.392 e. The molecule has 1 aromatic carbocycles. The Morgan fingerprint density at radius 1 is 1.31 bits per heavy atom. The van der Waals surface area contributed by atoms with E-state index in [4.69, 9.17) is 0 Å². The highest BCUT2D eigenvalue weighted by molar-refractivity contribution is 8.00. The Balaban J connectivity index is 2.05. The molecule has 0 amide bonds. The van der Waals surface area contributed by atoms with Crippen molar-refractivity contribution in [3.05, 3.63) is 29.8 Å². The van der Waals surface area contributed by atoms with E-state index in [2.05, 4.69) is 38.1 Å². The Labute approximate surface area is 102 Å². The zero-order valence-corrected chi connectivity index (χ0v) is 10.8. The lowest BCUT2D eigenvalue weighted by Crippen LogP contribution is -2.30. The van der Waals surface area contributed by atoms with Crippen LogP contribution in [0.25, 0.3) is 0 Å². The average molecular weight is 236 g/mol. The smallest absolute Gasteiger partial charge is 0.0693 e. The van der Waals surface area contributed by atoms with Gasteiger partial charge in [0.05, 0.1) is 6.10 Å². The van der Waals surface area contributed by atoms with E-state index in [9.17, 15) is 5.11 Å². The third kappa shape index (κ3) is 2.28. The number of thioether (sulfide) groups is 1. The number of hydrogen-bond donors (Lipinski definition) is 1. The van der Waals surface area contributed by atoms with Gasteiger partial charge in [-0.05, 0) is 24.0 Å². The maximum atomic E-state index is 10.4. The Hall–Kier alpha value is -0.470. The minimum absolute atomic E-state index is 0.160. The van der Waals surface area contributed by atoms with Gasteiger partial charge in [0.2, 0.25) is 0 Å². The topological polar surface area (TPSA) is 20.2 Å². The molecule has 0 fully saturated rings. The second-order valence-corrected chi connectivity index (χ2v) is 5.82. The predicted octanol–water partition coefficient (Wildman–Crippen LogP) is 3.50. The molecule has 16 heavy (non-hydrogen) atoms. The fourth-order valence-electron chi connectivity index (χ4n) is 2.47. The predicted molar refractivity (Wildman–Crippen MR) is 69.9 cm³/mol. The van der Waals surface area contributed by atoms with Crippen LogP contribution in [0, 0.1) is 5.92 Å². The van der Waals surface area contributed by atoms with E-state index in [-0.39, 0.29) is 6.10 Å². The van der Waals surface area contributed by atoms with Gasteiger partial charge in [0.1, 0.15) is 0 Å². The molecule has 1 nitrogen and oxygen atoms in total. The molecule has 1 aliphatic rings. The molecular formula is C14H20OS. The van der Waals surface area contributed by atoms with E-state index < -0.39 is 0 Å². The van der Waals surface area contributed by atoms with Crippen molar-refractivity contribution in [1.82, 2.24) is 0 Å². The fraction of sp³-hybridized carbons (Fsp3) is 0.571. The lowest BCUT2D eigenvalue weighted by atomic mass is 9.92. The molecule has 1 N–H and O–H groups in total. The summed E-state index contributed by atoms with van der Waals surface area (Å²) in [6.45, 7) is 4.34. The van der Waals surface area contributed by atoms with Crippen molar-refractivity contribution in [2.24, 2.45) is 5.92 Å². The number of aliphatic hydroxyl groups excluding tert-OH is 1. The molecule has 0 saturated heterocycles. The van der Waals surface area contributed by atoms with Gasteiger partial charge in [-0.15, -0.1) is 11.8 Å². The molecule has 2 atom stereocenters. The molecule has 2 unspecified atom stereocenters. The molecule has 1 aliphatic heterocycles. The van der Waals surface area contributed by atoms with Gasteiger partial charge in [-0.25, -0.2) is 0 Å². The van der Waals surface area contributed by atoms with E-state index >= 15 is 0 Å². The first kappa shape index (κ1) is 12.0. The van der Waals surface area contributed by atoms with Crippen molar-refractivity contribution in [2.75, 3.05) is 0 Å². The first-order chi connectivity index (χ1) is 7.76. The Morgan fingerprint density at radius 3 is 2.62 bits per heavy atom. The SMILES string of the molecule is CCC(CC)C(O)C1Cc2ccccc2S1. The summed E-state index contributed by atoms with van der Waals surface area (Å²) in [6, 6.07) is 8.52. The number of aliphatic hydroxyl groups is 1. The van der Waals surface area contributed by atoms with Gasteiger partial charge in [-0.1, -0.05) is 44.9 Å². The second kappa shape index (κ2) is 5.24. The number of hydrogen-bond acceptors (Lipinski definition) is 2. The van der Waals surface area contributed by atoms with Crippen LogP contribution in [-0.4, -0.2) is 16.5 Å². The van der Waals surface area contributed by atoms with Crippen LogP contribution < -0.4 is 0 Å². The molecule has 0 spiro atoms. The molecule has 88 valence electrons. The van der Waals surface area contributed by atoms with Gasteiger partial charge in [0.15, 0.2) is 0 Å². The third-order valence-corrected chi connectivity index (χ3v) is 4.99. The normalized spacial score (nSPS) is 21.1. The first-order valence-electron chi connectivity index (χ1n) is 6.18. The molecule has 1 aromatic rings. The third-order valence-electron chi connectivity index (χ3n) is 3.58. The van der Waals surface area contributed by atoms with E-state index in [1.807, 2.05) is 11.8 Å². The van der Waals surface area contributed by atoms with E-state index in [1.165, 1.54) is 10.5 Å². The molecule has 0 radical (unpaired) electrons. The zero-order valence-electron chi connectivity index (χ0n) is 10.0. The van der Waals surface area contributed by atoms with E-state index in [0.717, 1.165) is 19.3 Å². The minimum atomic E-state index is -0.160. The summed E-state index contributed by atoms with van der Waals surface area (Å²) < 4.78 is 0. The standard InChI is InChI=1S/C14H20OS/c1-3-10(4-2)14(15)13-9-11-7-5-6-8-12(11)16-13/h5-8,10,13-15H,3-4,9H2,1-2H3. The summed E-state index contributed by atoms with van der Waals surface area (Å²) in [5, 5.41) is 10.7. The molecular weight excluding hydrogens is 216 g/mol. The van der Waals surface area contributed by atoms with Gasteiger partial charge in [-0.2, -0.15) is 0 Å². The highest BCUT2D eigenvalue weighted by Gasteiger charge is 2.31. The summed E-state index contributed by atoms with van der Waals surface area (Å²) in [7, 11) is 0. The molecule has 2 rings (SSSR count). The summed E-state index contributed by atoms with van der Waals surface area (Å²) in [6.07, 6.45) is 3.02. The first-order valence-corrected chi connectivity index (χ1v) is 7.06. The maximum absolute atomic E-state index is 10.4. The molecule has 1 heterocycles. The van der Waals surface area contributed by atoms with Crippen LogP contribution in [0.5, 0.6) is 0 Å². The highest BCUT2D eigenvalue weighted by atomic mass is 32.2. The van der Waals surface area contributed by atoms with Crippen molar-refractivity contribution in [3.8, 4) is 0 Å². The average Bonchev–Trinajstić information content (AvgIpc) is 2.74. The van der Waals surface area contributed by atoms with Crippen LogP contribution in [0.15, 0.2) is 29.2 Å². The van der Waals surface area contributed by atoms with Crippen LogP contribution >= 0.6 is 11.8 Å². The number of rotatable bonds is 4. The summed E-state index contributed by atoms with van der Waals surface area (Å²) >= 11 is 1.85. The van der Waals surface area contributed by atoms with Crippen molar-refractivity contribution in [3.63, 3.8) is 0 Å². The van der Waals surface area contributed by atoms with Gasteiger partial charge < -0.3 is 5.11 Å². The van der Waals surface area contributed by atoms with Crippen molar-refractivity contribution < 1.29 is 5.11 Å². The molecule has 0 bridgehead atoms. The van der Waals surface area contributed by atoms with Crippen molar-refractivity contribution in [1.29, 1.82) is 0 Å². The lowest BCUT2D eigenvalue weighted by Gasteiger charge is -2.24. The fourth-order valence-corrected chi connectivity index (χ4v) is 3.89. The molecule has 0 aromatic heterocycles. The molecule has 2 heteroatoms. The van der Waals surface area contributed by atoms with Gasteiger partial charge >= 0.3 is 0 Å². The summed E-state index contributed by atoms with van der Waals surface area (Å²) in [5.41, 5.74) is 1.41. The quantitative estimate of drug-likeness (QED) is 0.863. The Bertz CT molecular complexity index is 321. The van der Waals surface area contributed by atoms with Crippen molar-refractivity contribution >= 4 is 11.8 Å². The van der Waals surface area contributed by atoms with E-state index in [0.29, 0.717) is 11.2 Å². The van der Waals surface area contributed by atoms with Crippen LogP contribution in [0.3, 0.4) is 0 Å². The highest BCUT2D eigenvalue weighted by Crippen LogP contribution is 2.40. The Morgan fingerprint density at radius 2 is 2.00 bits per heavy atom. The maximum Gasteiger partial charge on any atom is 0.0693 e. The van der Waals surface area contributed by atoms with Crippen molar-refractivity contribution in [2.45, 2.75) is 49.4 Å². The minimum Gasteiger partial charge on any atom is -0.392 e. The molecule has 0 aliphatic carbocycles. The number of benzene rings is 1. The van der Waals surface area contributed by atoms with Crippen LogP contribution in [0.1, 0.15) is 32.3 Å². The number of fused-ring (bicyclic) bond motifs is 1. The second-order valence-electron chi connectivity index (χ2n) is 4.54. The Kier molecular flexibility index (Phi) is 3.93. The van der Waals surface area contributed by atoms with Gasteiger partial charge in [-0.3, -0.25) is 0 Å². The van der Waals surface area contributed by atoms with Crippen LogP contribution in [0.2, 0.25) is 0 Å². The summed E-state index contributed by atoms with van der Waals surface area (Å²) in [5.74, 6) is 0.451. The van der Waals surface area contributed by atoms with Gasteiger partial charge in [0.25, 0.3) is 0 Å². The monoisotopic (exact) mass is 236 g/mol. The lowest BCUT2D eigenvalue weighted by molar-refractivity contribution is 0.101. The zero-order chi connectivity index (χ0) is 11.5. The molecule has 0 saturated carbocycles. The van der Waals surface area contributed by atoms with Gasteiger partial charge in [0, 0.05) is 10.1 Å². The summed E-state index contributed by atoms with van der Waals surface area (Å²) in [4.78, 5) is 1.36.